The zero-order valence-corrected chi connectivity index (χ0v) is 19.7. The van der Waals surface area contributed by atoms with Crippen LogP contribution in [0.3, 0.4) is 0 Å². The molecule has 1 aliphatic rings. The van der Waals surface area contributed by atoms with E-state index in [1.54, 1.807) is 12.1 Å². The summed E-state index contributed by atoms with van der Waals surface area (Å²) in [5.41, 5.74) is 2.36. The van der Waals surface area contributed by atoms with Gasteiger partial charge in [-0.15, -0.1) is 0 Å². The fraction of sp³-hybridized carbons (Fsp3) is 0.520. The molecule has 1 aliphatic heterocycles. The standard InChI is InChI=1S/C25H33FN4O2/c1-16-19(13-22(31)29-21-11-7-6-10-20(21)26)17(2)28-24(27-16)18-9-8-12-30(15-18)23(32)14-25(3,4)5/h6-7,10-11,18H,8-9,12-15H2,1-5H3,(H,29,31). The molecule has 1 aromatic carbocycles. The highest BCUT2D eigenvalue weighted by molar-refractivity contribution is 5.92. The average molecular weight is 441 g/mol. The molecule has 1 fully saturated rings. The summed E-state index contributed by atoms with van der Waals surface area (Å²) in [5, 5.41) is 2.61. The molecule has 2 amide bonds. The number of benzene rings is 1. The van der Waals surface area contributed by atoms with Gasteiger partial charge in [0.05, 0.1) is 12.1 Å². The predicted octanol–water partition coefficient (Wildman–Crippen LogP) is 4.56. The number of piperidine rings is 1. The van der Waals surface area contributed by atoms with Crippen molar-refractivity contribution in [1.82, 2.24) is 14.9 Å². The van der Waals surface area contributed by atoms with Crippen molar-refractivity contribution in [3.05, 3.63) is 52.9 Å². The van der Waals surface area contributed by atoms with Crippen LogP contribution in [0.25, 0.3) is 0 Å². The lowest BCUT2D eigenvalue weighted by Gasteiger charge is -2.34. The Bertz CT molecular complexity index is 977. The van der Waals surface area contributed by atoms with Crippen LogP contribution in [0.5, 0.6) is 0 Å². The molecule has 2 aromatic rings. The first-order valence-electron chi connectivity index (χ1n) is 11.2. The van der Waals surface area contributed by atoms with Crippen LogP contribution in [0, 0.1) is 25.1 Å². The van der Waals surface area contributed by atoms with Crippen LogP contribution in [0.2, 0.25) is 0 Å². The van der Waals surface area contributed by atoms with E-state index < -0.39 is 5.82 Å². The Morgan fingerprint density at radius 3 is 2.44 bits per heavy atom. The molecule has 3 rings (SSSR count). The number of hydrogen-bond donors (Lipinski definition) is 1. The Morgan fingerprint density at radius 1 is 1.16 bits per heavy atom. The van der Waals surface area contributed by atoms with Gasteiger partial charge in [-0.3, -0.25) is 9.59 Å². The molecule has 7 heteroatoms. The zero-order chi connectivity index (χ0) is 23.5. The molecule has 1 saturated heterocycles. The van der Waals surface area contributed by atoms with Gasteiger partial charge in [-0.1, -0.05) is 32.9 Å². The third-order valence-corrected chi connectivity index (χ3v) is 5.74. The quantitative estimate of drug-likeness (QED) is 0.740. The number of nitrogens with zero attached hydrogens (tertiary/aromatic N) is 3. The maximum absolute atomic E-state index is 13.8. The molecular formula is C25H33FN4O2. The first-order chi connectivity index (χ1) is 15.0. The summed E-state index contributed by atoms with van der Waals surface area (Å²) in [6, 6.07) is 6.09. The highest BCUT2D eigenvalue weighted by atomic mass is 19.1. The largest absolute Gasteiger partial charge is 0.342 e. The van der Waals surface area contributed by atoms with E-state index in [-0.39, 0.29) is 35.3 Å². The van der Waals surface area contributed by atoms with Crippen molar-refractivity contribution in [3.8, 4) is 0 Å². The summed E-state index contributed by atoms with van der Waals surface area (Å²) in [4.78, 5) is 36.5. The number of anilines is 1. The molecule has 0 saturated carbocycles. The lowest BCUT2D eigenvalue weighted by atomic mass is 9.90. The maximum Gasteiger partial charge on any atom is 0.229 e. The molecule has 1 unspecified atom stereocenters. The second-order valence-electron chi connectivity index (χ2n) is 9.85. The minimum atomic E-state index is -0.469. The number of aromatic nitrogens is 2. The lowest BCUT2D eigenvalue weighted by Crippen LogP contribution is -2.41. The monoisotopic (exact) mass is 440 g/mol. The van der Waals surface area contributed by atoms with Gasteiger partial charge in [0.1, 0.15) is 11.6 Å². The third-order valence-electron chi connectivity index (χ3n) is 5.74. The maximum atomic E-state index is 13.8. The summed E-state index contributed by atoms with van der Waals surface area (Å²) < 4.78 is 13.8. The van der Waals surface area contributed by atoms with Crippen molar-refractivity contribution in [1.29, 1.82) is 0 Å². The van der Waals surface area contributed by atoms with E-state index in [9.17, 15) is 14.0 Å². The fourth-order valence-corrected chi connectivity index (χ4v) is 4.10. The Kier molecular flexibility index (Phi) is 7.26. The number of amides is 2. The molecule has 0 radical (unpaired) electrons. The van der Waals surface area contributed by atoms with Gasteiger partial charge < -0.3 is 10.2 Å². The number of hydrogen-bond acceptors (Lipinski definition) is 4. The SMILES string of the molecule is Cc1nc(C2CCCN(C(=O)CC(C)(C)C)C2)nc(C)c1CC(=O)Nc1ccccc1F. The summed E-state index contributed by atoms with van der Waals surface area (Å²) in [5.74, 6) is 0.216. The van der Waals surface area contributed by atoms with E-state index in [1.165, 1.54) is 12.1 Å². The van der Waals surface area contributed by atoms with E-state index in [4.69, 9.17) is 9.97 Å². The number of likely N-dealkylation sites (tertiary alicyclic amines) is 1. The Hall–Kier alpha value is -2.83. The predicted molar refractivity (Wildman–Crippen MR) is 123 cm³/mol. The highest BCUT2D eigenvalue weighted by Gasteiger charge is 2.29. The smallest absolute Gasteiger partial charge is 0.229 e. The minimum absolute atomic E-state index is 0.0431. The fourth-order valence-electron chi connectivity index (χ4n) is 4.10. The second kappa shape index (κ2) is 9.76. The molecule has 172 valence electrons. The van der Waals surface area contributed by atoms with Crippen LogP contribution < -0.4 is 5.32 Å². The molecule has 1 aromatic heterocycles. The summed E-state index contributed by atoms with van der Waals surface area (Å²) in [6.07, 6.45) is 2.46. The summed E-state index contributed by atoms with van der Waals surface area (Å²) >= 11 is 0. The molecule has 0 bridgehead atoms. The topological polar surface area (TPSA) is 75.2 Å². The van der Waals surface area contributed by atoms with Crippen LogP contribution in [-0.2, 0) is 16.0 Å². The van der Waals surface area contributed by atoms with E-state index in [0.29, 0.717) is 13.0 Å². The van der Waals surface area contributed by atoms with Gasteiger partial charge in [0.25, 0.3) is 0 Å². The number of halogens is 1. The molecule has 0 aliphatic carbocycles. The van der Waals surface area contributed by atoms with Crippen molar-refractivity contribution in [3.63, 3.8) is 0 Å². The minimum Gasteiger partial charge on any atom is -0.342 e. The first kappa shape index (κ1) is 23.8. The number of aryl methyl sites for hydroxylation is 2. The van der Waals surface area contributed by atoms with Gasteiger partial charge in [0.15, 0.2) is 0 Å². The highest BCUT2D eigenvalue weighted by Crippen LogP contribution is 2.28. The number of rotatable bonds is 5. The van der Waals surface area contributed by atoms with E-state index in [2.05, 4.69) is 26.1 Å². The number of carbonyl (C=O) groups is 2. The van der Waals surface area contributed by atoms with Crippen LogP contribution in [0.15, 0.2) is 24.3 Å². The van der Waals surface area contributed by atoms with E-state index in [1.807, 2.05) is 18.7 Å². The van der Waals surface area contributed by atoms with Crippen molar-refractivity contribution < 1.29 is 14.0 Å². The van der Waals surface area contributed by atoms with Crippen molar-refractivity contribution in [2.45, 2.75) is 66.2 Å². The third kappa shape index (κ3) is 6.11. The van der Waals surface area contributed by atoms with Crippen LogP contribution in [0.4, 0.5) is 10.1 Å². The van der Waals surface area contributed by atoms with Gasteiger partial charge in [0, 0.05) is 42.4 Å². The van der Waals surface area contributed by atoms with Crippen LogP contribution in [0.1, 0.15) is 68.7 Å². The Balaban J connectivity index is 1.70. The summed E-state index contributed by atoms with van der Waals surface area (Å²) in [6.45, 7) is 11.4. The van der Waals surface area contributed by atoms with Gasteiger partial charge in [-0.2, -0.15) is 0 Å². The van der Waals surface area contributed by atoms with Gasteiger partial charge in [-0.25, -0.2) is 14.4 Å². The average Bonchev–Trinajstić information content (AvgIpc) is 2.71. The zero-order valence-electron chi connectivity index (χ0n) is 19.7. The molecule has 32 heavy (non-hydrogen) atoms. The Labute approximate surface area is 189 Å². The molecule has 1 N–H and O–H groups in total. The van der Waals surface area contributed by atoms with Crippen molar-refractivity contribution in [2.75, 3.05) is 18.4 Å². The summed E-state index contributed by atoms with van der Waals surface area (Å²) in [7, 11) is 0. The second-order valence-corrected chi connectivity index (χ2v) is 9.85. The molecular weight excluding hydrogens is 407 g/mol. The van der Waals surface area contributed by atoms with Crippen molar-refractivity contribution >= 4 is 17.5 Å². The lowest BCUT2D eigenvalue weighted by molar-refractivity contribution is -0.134. The first-order valence-corrected chi connectivity index (χ1v) is 11.2. The molecule has 1 atom stereocenters. The van der Waals surface area contributed by atoms with Crippen molar-refractivity contribution in [2.24, 2.45) is 5.41 Å². The number of nitrogens with one attached hydrogen (secondary N) is 1. The normalized spacial score (nSPS) is 16.7. The number of para-hydroxylation sites is 1. The van der Waals surface area contributed by atoms with Gasteiger partial charge >= 0.3 is 0 Å². The van der Waals surface area contributed by atoms with E-state index >= 15 is 0 Å². The van der Waals surface area contributed by atoms with Crippen LogP contribution >= 0.6 is 0 Å². The molecule has 2 heterocycles. The Morgan fingerprint density at radius 2 is 1.81 bits per heavy atom. The van der Waals surface area contributed by atoms with Gasteiger partial charge in [0.2, 0.25) is 11.8 Å². The van der Waals surface area contributed by atoms with Crippen LogP contribution in [-0.4, -0.2) is 39.8 Å². The molecule has 0 spiro atoms. The van der Waals surface area contributed by atoms with Gasteiger partial charge in [-0.05, 0) is 44.2 Å². The number of carbonyl (C=O) groups excluding carboxylic acids is 2. The molecule has 6 nitrogen and oxygen atoms in total. The van der Waals surface area contributed by atoms with E-state index in [0.717, 1.165) is 42.2 Å².